The molecule has 0 aliphatic rings. The quantitative estimate of drug-likeness (QED) is 0.238. The summed E-state index contributed by atoms with van der Waals surface area (Å²) in [5.41, 5.74) is 3.00. The number of amides is 1. The van der Waals surface area contributed by atoms with Crippen molar-refractivity contribution in [2.75, 3.05) is 12.3 Å². The Hall–Kier alpha value is -3.26. The Morgan fingerprint density at radius 3 is 2.84 bits per heavy atom. The van der Waals surface area contributed by atoms with Crippen LogP contribution in [0.3, 0.4) is 0 Å². The summed E-state index contributed by atoms with van der Waals surface area (Å²) in [6.07, 6.45) is 3.36. The summed E-state index contributed by atoms with van der Waals surface area (Å²) in [7, 11) is 0. The first kappa shape index (κ1) is 21.0. The molecule has 0 fully saturated rings. The van der Waals surface area contributed by atoms with Crippen molar-refractivity contribution in [2.24, 2.45) is 0 Å². The zero-order valence-electron chi connectivity index (χ0n) is 17.3. The predicted molar refractivity (Wildman–Crippen MR) is 121 cm³/mol. The molecule has 160 valence electrons. The lowest BCUT2D eigenvalue weighted by Gasteiger charge is -2.11. The number of thioether (sulfide) groups is 1. The van der Waals surface area contributed by atoms with Crippen molar-refractivity contribution in [3.63, 3.8) is 0 Å². The minimum absolute atomic E-state index is 0.0813. The minimum Gasteiger partial charge on any atom is -0.467 e. The Morgan fingerprint density at radius 1 is 1.23 bits per heavy atom. The second-order valence-corrected chi connectivity index (χ2v) is 8.25. The first-order chi connectivity index (χ1) is 15.1. The van der Waals surface area contributed by atoms with Gasteiger partial charge < -0.3 is 14.7 Å². The van der Waals surface area contributed by atoms with Gasteiger partial charge in [0.1, 0.15) is 11.3 Å². The maximum absolute atomic E-state index is 13.0. The van der Waals surface area contributed by atoms with Crippen molar-refractivity contribution in [1.29, 1.82) is 0 Å². The normalized spacial score (nSPS) is 11.1. The highest BCUT2D eigenvalue weighted by molar-refractivity contribution is 7.99. The van der Waals surface area contributed by atoms with E-state index in [1.54, 1.807) is 16.9 Å². The number of H-pyrrole nitrogens is 1. The van der Waals surface area contributed by atoms with Crippen molar-refractivity contribution in [3.05, 3.63) is 82.2 Å². The van der Waals surface area contributed by atoms with E-state index in [1.807, 2.05) is 37.3 Å². The molecule has 8 heteroatoms. The van der Waals surface area contributed by atoms with Crippen molar-refractivity contribution >= 4 is 28.7 Å². The van der Waals surface area contributed by atoms with Crippen LogP contribution in [-0.4, -0.2) is 32.7 Å². The number of aromatic amines is 1. The molecule has 4 aromatic rings. The van der Waals surface area contributed by atoms with Crippen LogP contribution in [0.15, 0.2) is 69.2 Å². The lowest BCUT2D eigenvalue weighted by Crippen LogP contribution is -2.28. The molecule has 4 rings (SSSR count). The van der Waals surface area contributed by atoms with Crippen LogP contribution >= 0.6 is 11.8 Å². The number of benzene rings is 1. The van der Waals surface area contributed by atoms with E-state index in [4.69, 9.17) is 4.42 Å². The standard InChI is InChI=1S/C23H24N4O3S/c1-16-13-19-21(25-16)22(29)27(14-18-10-6-12-30-18)23(26-19)31-15-20(28)24-11-5-9-17-7-3-2-4-8-17/h2-4,6-8,10,12-13,25H,5,9,11,14-15H2,1H3,(H,24,28). The lowest BCUT2D eigenvalue weighted by atomic mass is 10.1. The molecule has 31 heavy (non-hydrogen) atoms. The molecule has 3 aromatic heterocycles. The van der Waals surface area contributed by atoms with Crippen molar-refractivity contribution in [1.82, 2.24) is 19.9 Å². The highest BCUT2D eigenvalue weighted by atomic mass is 32.2. The number of rotatable bonds is 9. The number of carbonyl (C=O) groups excluding carboxylic acids is 1. The molecule has 3 heterocycles. The van der Waals surface area contributed by atoms with Crippen molar-refractivity contribution < 1.29 is 9.21 Å². The maximum atomic E-state index is 13.0. The summed E-state index contributed by atoms with van der Waals surface area (Å²) in [5.74, 6) is 0.756. The monoisotopic (exact) mass is 436 g/mol. The molecular weight excluding hydrogens is 412 g/mol. The molecule has 0 saturated carbocycles. The van der Waals surface area contributed by atoms with Gasteiger partial charge in [-0.25, -0.2) is 4.98 Å². The Kier molecular flexibility index (Phi) is 6.57. The Bertz CT molecular complexity index is 1210. The third-order valence-electron chi connectivity index (χ3n) is 4.87. The minimum atomic E-state index is -0.180. The summed E-state index contributed by atoms with van der Waals surface area (Å²) >= 11 is 1.25. The van der Waals surface area contributed by atoms with Crippen molar-refractivity contribution in [2.45, 2.75) is 31.5 Å². The number of nitrogens with one attached hydrogen (secondary N) is 2. The van der Waals surface area contributed by atoms with Gasteiger partial charge in [-0.05, 0) is 43.5 Å². The molecule has 0 unspecified atom stereocenters. The van der Waals surface area contributed by atoms with Gasteiger partial charge in [0.25, 0.3) is 5.56 Å². The highest BCUT2D eigenvalue weighted by Crippen LogP contribution is 2.19. The molecule has 0 bridgehead atoms. The number of hydrogen-bond acceptors (Lipinski definition) is 5. The fourth-order valence-corrected chi connectivity index (χ4v) is 4.19. The molecule has 1 amide bonds. The number of aromatic nitrogens is 3. The third kappa shape index (κ3) is 5.27. The average molecular weight is 437 g/mol. The third-order valence-corrected chi connectivity index (χ3v) is 5.85. The first-order valence-corrected chi connectivity index (χ1v) is 11.1. The maximum Gasteiger partial charge on any atom is 0.278 e. The second-order valence-electron chi connectivity index (χ2n) is 7.31. The van der Waals surface area contributed by atoms with Gasteiger partial charge in [-0.3, -0.25) is 14.2 Å². The summed E-state index contributed by atoms with van der Waals surface area (Å²) in [4.78, 5) is 33.0. The number of nitrogens with zero attached hydrogens (tertiary/aromatic N) is 2. The summed E-state index contributed by atoms with van der Waals surface area (Å²) in [6, 6.07) is 15.6. The van der Waals surface area contributed by atoms with E-state index in [1.165, 1.54) is 17.3 Å². The number of hydrogen-bond donors (Lipinski definition) is 2. The van der Waals surface area contributed by atoms with Gasteiger partial charge in [-0.15, -0.1) is 0 Å². The van der Waals surface area contributed by atoms with E-state index in [2.05, 4.69) is 27.4 Å². The smallest absolute Gasteiger partial charge is 0.278 e. The first-order valence-electron chi connectivity index (χ1n) is 10.2. The molecule has 2 N–H and O–H groups in total. The molecule has 0 atom stereocenters. The molecular formula is C23H24N4O3S. The van der Waals surface area contributed by atoms with Gasteiger partial charge in [0.2, 0.25) is 5.91 Å². The number of furan rings is 1. The van der Waals surface area contributed by atoms with E-state index in [0.717, 1.165) is 18.5 Å². The van der Waals surface area contributed by atoms with E-state index < -0.39 is 0 Å². The van der Waals surface area contributed by atoms with Crippen LogP contribution in [0.5, 0.6) is 0 Å². The van der Waals surface area contributed by atoms with E-state index in [-0.39, 0.29) is 23.8 Å². The Balaban J connectivity index is 1.40. The van der Waals surface area contributed by atoms with Crippen molar-refractivity contribution in [3.8, 4) is 0 Å². The van der Waals surface area contributed by atoms with Gasteiger partial charge in [-0.2, -0.15) is 0 Å². The topological polar surface area (TPSA) is 92.9 Å². The molecule has 0 radical (unpaired) electrons. The van der Waals surface area contributed by atoms with Gasteiger partial charge >= 0.3 is 0 Å². The van der Waals surface area contributed by atoms with Gasteiger partial charge in [0.05, 0.1) is 24.1 Å². The molecule has 1 aromatic carbocycles. The molecule has 0 spiro atoms. The lowest BCUT2D eigenvalue weighted by molar-refractivity contribution is -0.118. The molecule has 7 nitrogen and oxygen atoms in total. The Morgan fingerprint density at radius 2 is 2.06 bits per heavy atom. The van der Waals surface area contributed by atoms with Crippen LogP contribution in [0, 0.1) is 6.92 Å². The summed E-state index contributed by atoms with van der Waals surface area (Å²) in [5, 5.41) is 3.44. The largest absolute Gasteiger partial charge is 0.467 e. The van der Waals surface area contributed by atoms with E-state index in [0.29, 0.717) is 28.5 Å². The van der Waals surface area contributed by atoms with Crippen LogP contribution in [0.1, 0.15) is 23.4 Å². The van der Waals surface area contributed by atoms with E-state index in [9.17, 15) is 9.59 Å². The van der Waals surface area contributed by atoms with E-state index >= 15 is 0 Å². The molecule has 0 saturated heterocycles. The number of fused-ring (bicyclic) bond motifs is 1. The number of aryl methyl sites for hydroxylation is 2. The zero-order chi connectivity index (χ0) is 21.6. The van der Waals surface area contributed by atoms with Crippen LogP contribution in [-0.2, 0) is 17.8 Å². The van der Waals surface area contributed by atoms with Crippen LogP contribution in [0.2, 0.25) is 0 Å². The van der Waals surface area contributed by atoms with Crippen LogP contribution < -0.4 is 10.9 Å². The van der Waals surface area contributed by atoms with Crippen LogP contribution in [0.4, 0.5) is 0 Å². The Labute approximate surface area is 183 Å². The predicted octanol–water partition coefficient (Wildman–Crippen LogP) is 3.52. The average Bonchev–Trinajstić information content (AvgIpc) is 3.42. The molecule has 0 aliphatic heterocycles. The van der Waals surface area contributed by atoms with Gasteiger partial charge in [0.15, 0.2) is 5.16 Å². The summed E-state index contributed by atoms with van der Waals surface area (Å²) < 4.78 is 6.95. The van der Waals surface area contributed by atoms with Crippen LogP contribution in [0.25, 0.3) is 11.0 Å². The number of carbonyl (C=O) groups is 1. The highest BCUT2D eigenvalue weighted by Gasteiger charge is 2.16. The SMILES string of the molecule is Cc1cc2nc(SCC(=O)NCCCc3ccccc3)n(Cc3ccco3)c(=O)c2[nH]1. The fraction of sp³-hybridized carbons (Fsp3) is 0.261. The summed E-state index contributed by atoms with van der Waals surface area (Å²) in [6.45, 7) is 2.75. The van der Waals surface area contributed by atoms with Gasteiger partial charge in [0, 0.05) is 12.2 Å². The molecule has 0 aliphatic carbocycles. The second kappa shape index (κ2) is 9.70. The zero-order valence-corrected chi connectivity index (χ0v) is 18.1. The fourth-order valence-electron chi connectivity index (χ4n) is 3.37. The van der Waals surface area contributed by atoms with Gasteiger partial charge in [-0.1, -0.05) is 42.1 Å².